The summed E-state index contributed by atoms with van der Waals surface area (Å²) >= 11 is 0. The number of pyridine rings is 1. The van der Waals surface area contributed by atoms with Crippen LogP contribution in [0.4, 0.5) is 0 Å². The Morgan fingerprint density at radius 1 is 1.44 bits per heavy atom. The summed E-state index contributed by atoms with van der Waals surface area (Å²) in [6, 6.07) is 6.33. The average molecular weight is 217 g/mol. The Morgan fingerprint density at radius 3 is 2.81 bits per heavy atom. The first-order valence-corrected chi connectivity index (χ1v) is 5.78. The van der Waals surface area contributed by atoms with Gasteiger partial charge in [-0.2, -0.15) is 5.10 Å². The Bertz CT molecular complexity index is 485. The van der Waals surface area contributed by atoms with E-state index in [9.17, 15) is 0 Å². The van der Waals surface area contributed by atoms with E-state index in [-0.39, 0.29) is 0 Å². The second-order valence-corrected chi connectivity index (χ2v) is 4.67. The summed E-state index contributed by atoms with van der Waals surface area (Å²) in [6.07, 6.45) is 1.99. The number of aryl methyl sites for hydroxylation is 1. The highest BCUT2D eigenvalue weighted by Gasteiger charge is 2.17. The van der Waals surface area contributed by atoms with Crippen molar-refractivity contribution in [2.45, 2.75) is 26.7 Å². The fourth-order valence-electron chi connectivity index (χ4n) is 2.23. The molecule has 0 saturated carbocycles. The molecule has 0 radical (unpaired) electrons. The van der Waals surface area contributed by atoms with Crippen molar-refractivity contribution in [3.8, 4) is 0 Å². The highest BCUT2D eigenvalue weighted by Crippen LogP contribution is 2.27. The summed E-state index contributed by atoms with van der Waals surface area (Å²) in [7, 11) is 0. The highest BCUT2D eigenvalue weighted by atomic mass is 15.2. The van der Waals surface area contributed by atoms with Gasteiger partial charge in [0.25, 0.3) is 0 Å². The fourth-order valence-corrected chi connectivity index (χ4v) is 2.23. The summed E-state index contributed by atoms with van der Waals surface area (Å²) in [5, 5.41) is 4.43. The Balaban J connectivity index is 2.58. The van der Waals surface area contributed by atoms with Crippen LogP contribution < -0.4 is 5.73 Å². The molecule has 0 spiro atoms. The van der Waals surface area contributed by atoms with E-state index in [0.29, 0.717) is 18.4 Å². The topological polar surface area (TPSA) is 43.3 Å². The third-order valence-corrected chi connectivity index (χ3v) is 3.11. The predicted molar refractivity (Wildman–Crippen MR) is 66.6 cm³/mol. The first kappa shape index (κ1) is 11.1. The van der Waals surface area contributed by atoms with E-state index >= 15 is 0 Å². The molecular weight excluding hydrogens is 198 g/mol. The first-order valence-electron chi connectivity index (χ1n) is 5.78. The van der Waals surface area contributed by atoms with Crippen molar-refractivity contribution in [2.24, 2.45) is 11.7 Å². The van der Waals surface area contributed by atoms with E-state index in [2.05, 4.69) is 31.1 Å². The minimum absolute atomic E-state index is 0.403. The normalized spacial score (nSPS) is 13.6. The van der Waals surface area contributed by atoms with Crippen molar-refractivity contribution in [1.29, 1.82) is 0 Å². The second kappa shape index (κ2) is 4.26. The number of fused-ring (bicyclic) bond motifs is 1. The van der Waals surface area contributed by atoms with Gasteiger partial charge in [-0.05, 0) is 37.1 Å². The monoisotopic (exact) mass is 217 g/mol. The van der Waals surface area contributed by atoms with Crippen LogP contribution >= 0.6 is 0 Å². The Labute approximate surface area is 96.3 Å². The van der Waals surface area contributed by atoms with Gasteiger partial charge in [-0.3, -0.25) is 0 Å². The number of aromatic nitrogens is 2. The van der Waals surface area contributed by atoms with Gasteiger partial charge in [-0.25, -0.2) is 4.52 Å². The summed E-state index contributed by atoms with van der Waals surface area (Å²) < 4.78 is 1.94. The maximum atomic E-state index is 5.87. The number of hydrogen-bond donors (Lipinski definition) is 1. The fraction of sp³-hybridized carbons (Fsp3) is 0.462. The predicted octanol–water partition coefficient (Wildman–Crippen LogP) is 2.34. The van der Waals surface area contributed by atoms with E-state index in [1.165, 1.54) is 11.1 Å². The molecule has 1 unspecified atom stereocenters. The van der Waals surface area contributed by atoms with Crippen LogP contribution in [0.1, 0.15) is 31.0 Å². The van der Waals surface area contributed by atoms with Crippen molar-refractivity contribution in [3.63, 3.8) is 0 Å². The Hall–Kier alpha value is -1.35. The summed E-state index contributed by atoms with van der Waals surface area (Å²) in [5.74, 6) is 0.950. The molecule has 0 aliphatic heterocycles. The lowest BCUT2D eigenvalue weighted by atomic mass is 9.88. The van der Waals surface area contributed by atoms with Gasteiger partial charge in [-0.15, -0.1) is 0 Å². The third kappa shape index (κ3) is 1.83. The molecule has 2 aromatic rings. The van der Waals surface area contributed by atoms with Crippen LogP contribution in [0.3, 0.4) is 0 Å². The van der Waals surface area contributed by atoms with Crippen molar-refractivity contribution in [1.82, 2.24) is 9.61 Å². The van der Waals surface area contributed by atoms with E-state index in [1.54, 1.807) is 0 Å². The SMILES string of the molecule is Cc1cc2c(C(CN)C(C)C)cccn2n1. The molecule has 1 atom stereocenters. The minimum atomic E-state index is 0.403. The van der Waals surface area contributed by atoms with Crippen LogP contribution in [-0.4, -0.2) is 16.2 Å². The molecule has 3 nitrogen and oxygen atoms in total. The molecule has 0 aliphatic carbocycles. The van der Waals surface area contributed by atoms with E-state index in [1.807, 2.05) is 23.7 Å². The maximum Gasteiger partial charge on any atom is 0.0699 e. The summed E-state index contributed by atoms with van der Waals surface area (Å²) in [5.41, 5.74) is 9.41. The zero-order chi connectivity index (χ0) is 11.7. The third-order valence-electron chi connectivity index (χ3n) is 3.11. The van der Waals surface area contributed by atoms with E-state index < -0.39 is 0 Å². The Kier molecular flexibility index (Phi) is 2.97. The molecule has 16 heavy (non-hydrogen) atoms. The lowest BCUT2D eigenvalue weighted by Crippen LogP contribution is -2.18. The van der Waals surface area contributed by atoms with Crippen molar-refractivity contribution in [3.05, 3.63) is 35.7 Å². The summed E-state index contributed by atoms with van der Waals surface area (Å²) in [4.78, 5) is 0. The highest BCUT2D eigenvalue weighted by molar-refractivity contribution is 5.56. The van der Waals surface area contributed by atoms with Crippen LogP contribution in [0.15, 0.2) is 24.4 Å². The summed E-state index contributed by atoms with van der Waals surface area (Å²) in [6.45, 7) is 7.12. The van der Waals surface area contributed by atoms with Gasteiger partial charge in [0.2, 0.25) is 0 Å². The van der Waals surface area contributed by atoms with Gasteiger partial charge < -0.3 is 5.73 Å². The van der Waals surface area contributed by atoms with Crippen molar-refractivity contribution in [2.75, 3.05) is 6.54 Å². The Morgan fingerprint density at radius 2 is 2.19 bits per heavy atom. The van der Waals surface area contributed by atoms with Crippen molar-refractivity contribution < 1.29 is 0 Å². The average Bonchev–Trinajstić information content (AvgIpc) is 2.59. The van der Waals surface area contributed by atoms with Gasteiger partial charge in [0.05, 0.1) is 11.2 Å². The first-order chi connectivity index (χ1) is 7.63. The number of hydrogen-bond acceptors (Lipinski definition) is 2. The standard InChI is InChI=1S/C13H19N3/c1-9(2)12(8-14)11-5-4-6-16-13(11)7-10(3)15-16/h4-7,9,12H,8,14H2,1-3H3. The molecule has 0 fully saturated rings. The van der Waals surface area contributed by atoms with Gasteiger partial charge in [0.15, 0.2) is 0 Å². The lowest BCUT2D eigenvalue weighted by molar-refractivity contribution is 0.507. The molecule has 0 bridgehead atoms. The second-order valence-electron chi connectivity index (χ2n) is 4.67. The molecule has 0 amide bonds. The lowest BCUT2D eigenvalue weighted by Gasteiger charge is -2.19. The van der Waals surface area contributed by atoms with Gasteiger partial charge in [-0.1, -0.05) is 19.9 Å². The minimum Gasteiger partial charge on any atom is -0.330 e. The molecule has 2 aromatic heterocycles. The van der Waals surface area contributed by atoms with E-state index in [4.69, 9.17) is 5.73 Å². The molecule has 3 heteroatoms. The molecule has 2 heterocycles. The van der Waals surface area contributed by atoms with Gasteiger partial charge in [0.1, 0.15) is 0 Å². The van der Waals surface area contributed by atoms with Crippen LogP contribution in [0, 0.1) is 12.8 Å². The molecular formula is C13H19N3. The number of nitrogens with zero attached hydrogens (tertiary/aromatic N) is 2. The van der Waals surface area contributed by atoms with Crippen LogP contribution in [-0.2, 0) is 0 Å². The van der Waals surface area contributed by atoms with Crippen LogP contribution in [0.2, 0.25) is 0 Å². The van der Waals surface area contributed by atoms with Crippen molar-refractivity contribution >= 4 is 5.52 Å². The van der Waals surface area contributed by atoms with Crippen LogP contribution in [0.25, 0.3) is 5.52 Å². The van der Waals surface area contributed by atoms with Gasteiger partial charge in [0, 0.05) is 12.1 Å². The zero-order valence-electron chi connectivity index (χ0n) is 10.1. The van der Waals surface area contributed by atoms with Gasteiger partial charge >= 0.3 is 0 Å². The molecule has 2 N–H and O–H groups in total. The molecule has 86 valence electrons. The maximum absolute atomic E-state index is 5.87. The van der Waals surface area contributed by atoms with E-state index in [0.717, 1.165) is 5.69 Å². The number of nitrogens with two attached hydrogens (primary N) is 1. The molecule has 0 saturated heterocycles. The van der Waals surface area contributed by atoms with Crippen LogP contribution in [0.5, 0.6) is 0 Å². The number of rotatable bonds is 3. The zero-order valence-corrected chi connectivity index (χ0v) is 10.1. The smallest absolute Gasteiger partial charge is 0.0699 e. The molecule has 0 aromatic carbocycles. The quantitative estimate of drug-likeness (QED) is 0.857. The molecule has 2 rings (SSSR count). The largest absolute Gasteiger partial charge is 0.330 e. The molecule has 0 aliphatic rings.